The molecule has 0 aliphatic heterocycles. The molecule has 2 aromatic heterocycles. The molecule has 0 radical (unpaired) electrons. The van der Waals surface area contributed by atoms with E-state index in [1.165, 1.54) is 11.3 Å². The number of carbonyl (C=O) groups excluding carboxylic acids is 3. The van der Waals surface area contributed by atoms with Gasteiger partial charge < -0.3 is 10.1 Å². The Morgan fingerprint density at radius 3 is 2.72 bits per heavy atom. The number of thiophene rings is 1. The number of nitrogens with zero attached hydrogens (tertiary/aromatic N) is 1. The Morgan fingerprint density at radius 2 is 2.08 bits per heavy atom. The van der Waals surface area contributed by atoms with E-state index in [1.54, 1.807) is 19.9 Å². The normalized spacial score (nSPS) is 10.2. The number of carbonyl (C=O) groups is 3. The lowest BCUT2D eigenvalue weighted by Gasteiger charge is -2.09. The van der Waals surface area contributed by atoms with Crippen LogP contribution in [0.2, 0.25) is 5.15 Å². The summed E-state index contributed by atoms with van der Waals surface area (Å²) in [7, 11) is 0. The van der Waals surface area contributed by atoms with E-state index in [2.05, 4.69) is 15.6 Å². The summed E-state index contributed by atoms with van der Waals surface area (Å²) in [5.74, 6) is -1.52. The Morgan fingerprint density at radius 1 is 1.32 bits per heavy atom. The molecule has 0 aliphatic rings. The Labute approximate surface area is 153 Å². The molecule has 0 aromatic carbocycles. The monoisotopic (exact) mass is 381 g/mol. The highest BCUT2D eigenvalue weighted by Crippen LogP contribution is 2.19. The largest absolute Gasteiger partial charge is 0.452 e. The summed E-state index contributed by atoms with van der Waals surface area (Å²) in [5, 5.41) is 6.50. The maximum atomic E-state index is 12.0. The number of hydrogen-bond donors (Lipinski definition) is 2. The van der Waals surface area contributed by atoms with E-state index in [4.69, 9.17) is 16.3 Å². The predicted molar refractivity (Wildman–Crippen MR) is 93.7 cm³/mol. The molecular formula is C16H16ClN3O4S. The molecular weight excluding hydrogens is 366 g/mol. The first-order valence-electron chi connectivity index (χ1n) is 7.27. The van der Waals surface area contributed by atoms with Crippen molar-refractivity contribution in [3.8, 4) is 0 Å². The van der Waals surface area contributed by atoms with Crippen molar-refractivity contribution in [2.75, 3.05) is 6.61 Å². The van der Waals surface area contributed by atoms with Crippen LogP contribution < -0.4 is 10.6 Å². The third-order valence-electron chi connectivity index (χ3n) is 3.10. The Balaban J connectivity index is 1.81. The highest BCUT2D eigenvalue weighted by molar-refractivity contribution is 7.09. The molecule has 2 aromatic rings. The van der Waals surface area contributed by atoms with Crippen molar-refractivity contribution in [3.63, 3.8) is 0 Å². The van der Waals surface area contributed by atoms with E-state index >= 15 is 0 Å². The summed E-state index contributed by atoms with van der Waals surface area (Å²) in [4.78, 5) is 40.3. The predicted octanol–water partition coefficient (Wildman–Crippen LogP) is 2.60. The third-order valence-corrected chi connectivity index (χ3v) is 4.25. The van der Waals surface area contributed by atoms with E-state index in [0.29, 0.717) is 17.8 Å². The molecule has 0 saturated carbocycles. The van der Waals surface area contributed by atoms with Gasteiger partial charge >= 0.3 is 12.0 Å². The second kappa shape index (κ2) is 8.59. The van der Waals surface area contributed by atoms with Crippen LogP contribution in [0.15, 0.2) is 23.6 Å². The molecule has 2 rings (SSSR count). The van der Waals surface area contributed by atoms with Crippen LogP contribution in [-0.2, 0) is 16.1 Å². The van der Waals surface area contributed by atoms with Crippen molar-refractivity contribution in [2.45, 2.75) is 20.4 Å². The van der Waals surface area contributed by atoms with Gasteiger partial charge in [0.15, 0.2) is 6.61 Å². The van der Waals surface area contributed by atoms with Crippen LogP contribution in [0.25, 0.3) is 0 Å². The number of hydrogen-bond acceptors (Lipinski definition) is 6. The maximum Gasteiger partial charge on any atom is 0.342 e. The van der Waals surface area contributed by atoms with Gasteiger partial charge in [-0.05, 0) is 36.9 Å². The average Bonchev–Trinajstić information content (AvgIpc) is 3.03. The number of esters is 1. The first kappa shape index (κ1) is 18.9. The Hall–Kier alpha value is -2.45. The molecule has 132 valence electrons. The smallest absolute Gasteiger partial charge is 0.342 e. The molecule has 25 heavy (non-hydrogen) atoms. The fourth-order valence-corrected chi connectivity index (χ4v) is 3.03. The molecule has 2 heterocycles. The van der Waals surface area contributed by atoms with Gasteiger partial charge in [0.1, 0.15) is 5.15 Å². The molecule has 0 saturated heterocycles. The number of halogens is 1. The number of urea groups is 1. The molecule has 0 atom stereocenters. The second-order valence-corrected chi connectivity index (χ2v) is 6.52. The van der Waals surface area contributed by atoms with Crippen molar-refractivity contribution < 1.29 is 19.1 Å². The van der Waals surface area contributed by atoms with Gasteiger partial charge in [-0.2, -0.15) is 0 Å². The molecule has 3 amide bonds. The topological polar surface area (TPSA) is 97.4 Å². The molecule has 0 spiro atoms. The third kappa shape index (κ3) is 5.54. The Kier molecular flexibility index (Phi) is 6.49. The van der Waals surface area contributed by atoms with Crippen molar-refractivity contribution in [1.82, 2.24) is 15.6 Å². The van der Waals surface area contributed by atoms with Gasteiger partial charge in [-0.1, -0.05) is 17.7 Å². The van der Waals surface area contributed by atoms with Crippen molar-refractivity contribution in [1.29, 1.82) is 0 Å². The van der Waals surface area contributed by atoms with Crippen molar-refractivity contribution in [3.05, 3.63) is 50.4 Å². The van der Waals surface area contributed by atoms with Gasteiger partial charge in [0.2, 0.25) is 0 Å². The van der Waals surface area contributed by atoms with Crippen LogP contribution in [0.5, 0.6) is 0 Å². The van der Waals surface area contributed by atoms with Gasteiger partial charge in [0, 0.05) is 10.6 Å². The molecule has 7 nitrogen and oxygen atoms in total. The number of aromatic nitrogens is 1. The fourth-order valence-electron chi connectivity index (χ4n) is 2.03. The highest BCUT2D eigenvalue weighted by atomic mass is 35.5. The first-order chi connectivity index (χ1) is 11.9. The van der Waals surface area contributed by atoms with Gasteiger partial charge in [-0.15, -0.1) is 11.3 Å². The lowest BCUT2D eigenvalue weighted by Crippen LogP contribution is -2.41. The van der Waals surface area contributed by atoms with E-state index in [9.17, 15) is 14.4 Å². The summed E-state index contributed by atoms with van der Waals surface area (Å²) in [5.41, 5.74) is 1.36. The fraction of sp³-hybridized carbons (Fsp3) is 0.250. The minimum Gasteiger partial charge on any atom is -0.452 e. The minimum atomic E-state index is -0.774. The van der Waals surface area contributed by atoms with E-state index in [1.807, 2.05) is 17.5 Å². The number of ether oxygens (including phenoxy) is 1. The number of imide groups is 1. The summed E-state index contributed by atoms with van der Waals surface area (Å²) in [6.07, 6.45) is 0. The summed E-state index contributed by atoms with van der Waals surface area (Å²) in [6.45, 7) is 3.14. The average molecular weight is 382 g/mol. The number of pyridine rings is 1. The summed E-state index contributed by atoms with van der Waals surface area (Å²) in [6, 6.07) is 4.73. The second-order valence-electron chi connectivity index (χ2n) is 5.13. The van der Waals surface area contributed by atoms with E-state index in [0.717, 1.165) is 4.88 Å². The molecule has 0 fully saturated rings. The van der Waals surface area contributed by atoms with Gasteiger partial charge in [0.05, 0.1) is 12.1 Å². The quantitative estimate of drug-likeness (QED) is 0.612. The zero-order valence-corrected chi connectivity index (χ0v) is 15.2. The number of aryl methyl sites for hydroxylation is 2. The molecule has 2 N–H and O–H groups in total. The summed E-state index contributed by atoms with van der Waals surface area (Å²) < 4.78 is 4.89. The molecule has 0 aliphatic carbocycles. The van der Waals surface area contributed by atoms with Gasteiger partial charge in [-0.25, -0.2) is 14.6 Å². The SMILES string of the molecule is Cc1cc(C)c(C(=O)OCC(=O)NC(=O)NCc2cccs2)c(Cl)n1. The van der Waals surface area contributed by atoms with Crippen molar-refractivity contribution >= 4 is 40.8 Å². The lowest BCUT2D eigenvalue weighted by molar-refractivity contribution is -0.123. The van der Waals surface area contributed by atoms with Crippen LogP contribution in [-0.4, -0.2) is 29.5 Å². The summed E-state index contributed by atoms with van der Waals surface area (Å²) >= 11 is 7.43. The lowest BCUT2D eigenvalue weighted by atomic mass is 10.1. The van der Waals surface area contributed by atoms with Gasteiger partial charge in [0.25, 0.3) is 5.91 Å². The standard InChI is InChI=1S/C16H16ClN3O4S/c1-9-6-10(2)19-14(17)13(9)15(22)24-8-12(21)20-16(23)18-7-11-4-3-5-25-11/h3-6H,7-8H2,1-2H3,(H2,18,20,21,23). The highest BCUT2D eigenvalue weighted by Gasteiger charge is 2.18. The molecule has 0 unspecified atom stereocenters. The Bertz CT molecular complexity index is 770. The van der Waals surface area contributed by atoms with Crippen LogP contribution in [0, 0.1) is 13.8 Å². The van der Waals surface area contributed by atoms with Crippen LogP contribution in [0.1, 0.15) is 26.5 Å². The van der Waals surface area contributed by atoms with Gasteiger partial charge in [-0.3, -0.25) is 10.1 Å². The molecule has 0 bridgehead atoms. The van der Waals surface area contributed by atoms with Crippen LogP contribution in [0.3, 0.4) is 0 Å². The van der Waals surface area contributed by atoms with E-state index < -0.39 is 24.5 Å². The molecule has 9 heteroatoms. The zero-order chi connectivity index (χ0) is 18.4. The number of nitrogens with one attached hydrogen (secondary N) is 2. The van der Waals surface area contributed by atoms with Crippen LogP contribution >= 0.6 is 22.9 Å². The number of amides is 3. The number of rotatable bonds is 5. The van der Waals surface area contributed by atoms with E-state index in [-0.39, 0.29) is 10.7 Å². The van der Waals surface area contributed by atoms with Crippen molar-refractivity contribution in [2.24, 2.45) is 0 Å². The maximum absolute atomic E-state index is 12.0. The van der Waals surface area contributed by atoms with Crippen LogP contribution in [0.4, 0.5) is 4.79 Å². The minimum absolute atomic E-state index is 0.0107. The zero-order valence-electron chi connectivity index (χ0n) is 13.6. The first-order valence-corrected chi connectivity index (χ1v) is 8.53.